The monoisotopic (exact) mass is 368 g/mol. The highest BCUT2D eigenvalue weighted by Crippen LogP contribution is 2.33. The molecule has 1 aromatic rings. The average molecular weight is 370 g/mol. The van der Waals surface area contributed by atoms with Crippen molar-refractivity contribution in [1.82, 2.24) is 4.90 Å². The van der Waals surface area contributed by atoms with Gasteiger partial charge in [-0.25, -0.2) is 0 Å². The first-order valence-electron chi connectivity index (χ1n) is 6.62. The lowest BCUT2D eigenvalue weighted by Crippen LogP contribution is -2.35. The summed E-state index contributed by atoms with van der Waals surface area (Å²) in [5.74, 6) is 0.577. The van der Waals surface area contributed by atoms with Crippen molar-refractivity contribution < 1.29 is 4.79 Å². The molecule has 1 heterocycles. The number of carbonyl (C=O) groups is 1. The fraction of sp³-hybridized carbons (Fsp3) is 0.500. The van der Waals surface area contributed by atoms with Crippen molar-refractivity contribution in [3.05, 3.63) is 28.2 Å². The van der Waals surface area contributed by atoms with Gasteiger partial charge in [-0.05, 0) is 44.0 Å². The van der Waals surface area contributed by atoms with E-state index in [1.807, 2.05) is 11.8 Å². The highest BCUT2D eigenvalue weighted by atomic mass is 35.5. The zero-order valence-electron chi connectivity index (χ0n) is 11.7. The predicted octanol–water partition coefficient (Wildman–Crippen LogP) is 3.70. The summed E-state index contributed by atoms with van der Waals surface area (Å²) in [6, 6.07) is 5.29. The van der Waals surface area contributed by atoms with Crippen molar-refractivity contribution in [2.75, 3.05) is 19.6 Å². The van der Waals surface area contributed by atoms with E-state index in [9.17, 15) is 4.79 Å². The maximum atomic E-state index is 12.4. The number of likely N-dealkylation sites (tertiary alicyclic amines) is 1. The number of hydrogen-bond donors (Lipinski definition) is 1. The molecule has 118 valence electrons. The molecule has 1 aliphatic rings. The van der Waals surface area contributed by atoms with Crippen LogP contribution >= 0.6 is 47.4 Å². The summed E-state index contributed by atoms with van der Waals surface area (Å²) in [6.45, 7) is 4.11. The van der Waals surface area contributed by atoms with Crippen molar-refractivity contribution in [2.24, 2.45) is 11.7 Å². The van der Waals surface area contributed by atoms with Gasteiger partial charge in [-0.3, -0.25) is 4.79 Å². The van der Waals surface area contributed by atoms with Crippen LogP contribution in [0.3, 0.4) is 0 Å². The van der Waals surface area contributed by atoms with E-state index < -0.39 is 0 Å². The molecule has 0 aliphatic carbocycles. The Hall–Kier alpha value is -0.130. The Bertz CT molecular complexity index is 501. The van der Waals surface area contributed by atoms with Gasteiger partial charge in [0.25, 0.3) is 0 Å². The molecule has 1 amide bonds. The molecule has 1 fully saturated rings. The van der Waals surface area contributed by atoms with E-state index in [-0.39, 0.29) is 23.6 Å². The molecule has 3 nitrogen and oxygen atoms in total. The van der Waals surface area contributed by atoms with Crippen molar-refractivity contribution in [1.29, 1.82) is 0 Å². The molecule has 1 aliphatic heterocycles. The topological polar surface area (TPSA) is 46.3 Å². The molecule has 0 aromatic heterocycles. The Balaban J connectivity index is 0.00000220. The minimum Gasteiger partial charge on any atom is -0.341 e. The summed E-state index contributed by atoms with van der Waals surface area (Å²) in [5, 5.41) is 1.07. The molecule has 1 saturated heterocycles. The highest BCUT2D eigenvalue weighted by molar-refractivity contribution is 8.00. The molecule has 21 heavy (non-hydrogen) atoms. The van der Waals surface area contributed by atoms with Crippen LogP contribution in [-0.4, -0.2) is 35.7 Å². The largest absolute Gasteiger partial charge is 0.341 e. The summed E-state index contributed by atoms with van der Waals surface area (Å²) in [7, 11) is 0. The van der Waals surface area contributed by atoms with Gasteiger partial charge in [0.05, 0.1) is 10.3 Å². The Morgan fingerprint density at radius 2 is 2.24 bits per heavy atom. The first-order chi connectivity index (χ1) is 9.51. The molecular formula is C14H19Cl3N2OS. The molecule has 2 atom stereocenters. The summed E-state index contributed by atoms with van der Waals surface area (Å²) in [6.07, 6.45) is 0.998. The SMILES string of the molecule is CC(Sc1cc(Cl)ccc1Cl)C(=O)N1CCC(CN)C1.Cl. The second kappa shape index (κ2) is 8.49. The van der Waals surface area contributed by atoms with E-state index in [4.69, 9.17) is 28.9 Å². The smallest absolute Gasteiger partial charge is 0.235 e. The standard InChI is InChI=1S/C14H18Cl2N2OS.ClH/c1-9(14(19)18-5-4-10(7-17)8-18)20-13-6-11(15)2-3-12(13)16;/h2-3,6,9-10H,4-5,7-8,17H2,1H3;1H. The third-order valence-electron chi connectivity index (χ3n) is 3.48. The summed E-state index contributed by atoms with van der Waals surface area (Å²) in [4.78, 5) is 15.1. The molecule has 1 aromatic carbocycles. The number of halogens is 3. The van der Waals surface area contributed by atoms with Crippen molar-refractivity contribution >= 4 is 53.3 Å². The lowest BCUT2D eigenvalue weighted by molar-refractivity contribution is -0.129. The lowest BCUT2D eigenvalue weighted by Gasteiger charge is -2.21. The maximum Gasteiger partial charge on any atom is 0.235 e. The van der Waals surface area contributed by atoms with Gasteiger partial charge in [0.1, 0.15) is 0 Å². The first-order valence-corrected chi connectivity index (χ1v) is 8.25. The summed E-state index contributed by atoms with van der Waals surface area (Å²) >= 11 is 13.5. The number of carbonyl (C=O) groups excluding carboxylic acids is 1. The predicted molar refractivity (Wildman–Crippen MR) is 92.8 cm³/mol. The highest BCUT2D eigenvalue weighted by Gasteiger charge is 2.28. The van der Waals surface area contributed by atoms with Gasteiger partial charge in [-0.1, -0.05) is 23.2 Å². The molecule has 0 spiro atoms. The minimum atomic E-state index is -0.178. The number of benzene rings is 1. The van der Waals surface area contributed by atoms with Crippen LogP contribution < -0.4 is 5.73 Å². The normalized spacial score (nSPS) is 19.2. The van der Waals surface area contributed by atoms with Crippen LogP contribution in [-0.2, 0) is 4.79 Å². The van der Waals surface area contributed by atoms with Gasteiger partial charge in [-0.2, -0.15) is 0 Å². The second-order valence-corrected chi connectivity index (χ2v) is 7.24. The van der Waals surface area contributed by atoms with Gasteiger partial charge in [0, 0.05) is 23.0 Å². The van der Waals surface area contributed by atoms with Gasteiger partial charge in [-0.15, -0.1) is 24.2 Å². The fourth-order valence-electron chi connectivity index (χ4n) is 2.29. The minimum absolute atomic E-state index is 0. The second-order valence-electron chi connectivity index (χ2n) is 5.01. The van der Waals surface area contributed by atoms with Crippen LogP contribution in [0.25, 0.3) is 0 Å². The van der Waals surface area contributed by atoms with E-state index in [0.29, 0.717) is 22.5 Å². The fourth-order valence-corrected chi connectivity index (χ4v) is 3.79. The first kappa shape index (κ1) is 18.9. The number of nitrogens with zero attached hydrogens (tertiary/aromatic N) is 1. The third-order valence-corrected chi connectivity index (χ3v) is 5.30. The Labute approximate surface area is 145 Å². The van der Waals surface area contributed by atoms with E-state index >= 15 is 0 Å². The number of hydrogen-bond acceptors (Lipinski definition) is 3. The zero-order valence-corrected chi connectivity index (χ0v) is 14.9. The average Bonchev–Trinajstić information content (AvgIpc) is 2.90. The molecule has 0 radical (unpaired) electrons. The summed E-state index contributed by atoms with van der Waals surface area (Å²) < 4.78 is 0. The molecule has 7 heteroatoms. The third kappa shape index (κ3) is 4.93. The molecule has 2 rings (SSSR count). The van der Waals surface area contributed by atoms with E-state index in [1.54, 1.807) is 18.2 Å². The molecule has 2 N–H and O–H groups in total. The Morgan fingerprint density at radius 1 is 1.52 bits per heavy atom. The lowest BCUT2D eigenvalue weighted by atomic mass is 10.1. The van der Waals surface area contributed by atoms with Crippen LogP contribution in [0.2, 0.25) is 10.0 Å². The van der Waals surface area contributed by atoms with E-state index in [2.05, 4.69) is 0 Å². The number of nitrogens with two attached hydrogens (primary N) is 1. The van der Waals surface area contributed by atoms with Crippen LogP contribution in [0.1, 0.15) is 13.3 Å². The summed E-state index contributed by atoms with van der Waals surface area (Å²) in [5.41, 5.74) is 5.66. The Kier molecular flexibility index (Phi) is 7.65. The van der Waals surface area contributed by atoms with Gasteiger partial charge >= 0.3 is 0 Å². The molecule has 2 unspecified atom stereocenters. The van der Waals surface area contributed by atoms with Crippen LogP contribution in [0.15, 0.2) is 23.1 Å². The van der Waals surface area contributed by atoms with E-state index in [0.717, 1.165) is 24.4 Å². The van der Waals surface area contributed by atoms with Crippen molar-refractivity contribution in [3.63, 3.8) is 0 Å². The zero-order chi connectivity index (χ0) is 14.7. The van der Waals surface area contributed by atoms with Crippen LogP contribution in [0, 0.1) is 5.92 Å². The van der Waals surface area contributed by atoms with Crippen LogP contribution in [0.4, 0.5) is 0 Å². The number of thioether (sulfide) groups is 1. The van der Waals surface area contributed by atoms with E-state index in [1.165, 1.54) is 11.8 Å². The van der Waals surface area contributed by atoms with Gasteiger partial charge < -0.3 is 10.6 Å². The molecule has 0 saturated carbocycles. The van der Waals surface area contributed by atoms with Gasteiger partial charge in [0.2, 0.25) is 5.91 Å². The van der Waals surface area contributed by atoms with Crippen LogP contribution in [0.5, 0.6) is 0 Å². The van der Waals surface area contributed by atoms with Crippen molar-refractivity contribution in [3.8, 4) is 0 Å². The molecular weight excluding hydrogens is 351 g/mol. The van der Waals surface area contributed by atoms with Crippen molar-refractivity contribution in [2.45, 2.75) is 23.5 Å². The Morgan fingerprint density at radius 3 is 2.86 bits per heavy atom. The molecule has 0 bridgehead atoms. The quantitative estimate of drug-likeness (QED) is 0.823. The van der Waals surface area contributed by atoms with Gasteiger partial charge in [0.15, 0.2) is 0 Å². The number of rotatable bonds is 4. The maximum absolute atomic E-state index is 12.4. The number of amides is 1.